The summed E-state index contributed by atoms with van der Waals surface area (Å²) in [5, 5.41) is 14.6. The van der Waals surface area contributed by atoms with Crippen LogP contribution in [0.2, 0.25) is 5.02 Å². The molecule has 24 heavy (non-hydrogen) atoms. The number of nitrogens with two attached hydrogens (primary N) is 1. The Morgan fingerprint density at radius 3 is 2.75 bits per heavy atom. The first-order valence-electron chi connectivity index (χ1n) is 6.94. The maximum absolute atomic E-state index is 13.5. The Labute approximate surface area is 143 Å². The summed E-state index contributed by atoms with van der Waals surface area (Å²) in [5.41, 5.74) is 6.63. The average Bonchev–Trinajstić information content (AvgIpc) is 2.55. The van der Waals surface area contributed by atoms with Crippen LogP contribution in [0, 0.1) is 17.1 Å². The third kappa shape index (κ3) is 4.48. The van der Waals surface area contributed by atoms with E-state index in [0.717, 1.165) is 0 Å². The van der Waals surface area contributed by atoms with E-state index in [2.05, 4.69) is 10.6 Å². The van der Waals surface area contributed by atoms with E-state index in [1.807, 2.05) is 0 Å². The van der Waals surface area contributed by atoms with Crippen LogP contribution in [-0.2, 0) is 11.3 Å². The van der Waals surface area contributed by atoms with Crippen LogP contribution in [0.3, 0.4) is 0 Å². The molecule has 0 aliphatic heterocycles. The van der Waals surface area contributed by atoms with Gasteiger partial charge in [-0.25, -0.2) is 4.39 Å². The highest BCUT2D eigenvalue weighted by Gasteiger charge is 2.11. The first kappa shape index (κ1) is 17.3. The number of nitrogens with one attached hydrogen (secondary N) is 2. The van der Waals surface area contributed by atoms with Crippen molar-refractivity contribution in [1.82, 2.24) is 5.32 Å². The molecule has 0 heterocycles. The van der Waals surface area contributed by atoms with Crippen LogP contribution in [0.25, 0.3) is 0 Å². The van der Waals surface area contributed by atoms with E-state index in [0.29, 0.717) is 16.9 Å². The predicted molar refractivity (Wildman–Crippen MR) is 91.4 cm³/mol. The van der Waals surface area contributed by atoms with Crippen molar-refractivity contribution in [2.24, 2.45) is 0 Å². The zero-order valence-corrected chi connectivity index (χ0v) is 13.3. The average molecular weight is 345 g/mol. The number of hydrogen-bond donors (Lipinski definition) is 3. The Morgan fingerprint density at radius 2 is 2.08 bits per heavy atom. The minimum absolute atomic E-state index is 0.147. The van der Waals surface area contributed by atoms with Crippen molar-refractivity contribution < 1.29 is 9.18 Å². The number of nitriles is 1. The van der Waals surface area contributed by atoms with Gasteiger partial charge in [0.1, 0.15) is 17.5 Å². The Bertz CT molecular complexity index is 830. The quantitative estimate of drug-likeness (QED) is 0.441. The van der Waals surface area contributed by atoms with E-state index < -0.39 is 5.91 Å². The highest BCUT2D eigenvalue weighted by molar-refractivity contribution is 6.34. The third-order valence-corrected chi connectivity index (χ3v) is 3.42. The third-order valence-electron chi connectivity index (χ3n) is 3.10. The lowest BCUT2D eigenvalue weighted by Crippen LogP contribution is -2.17. The van der Waals surface area contributed by atoms with Gasteiger partial charge in [-0.3, -0.25) is 4.79 Å². The van der Waals surface area contributed by atoms with E-state index in [1.165, 1.54) is 24.4 Å². The Kier molecular flexibility index (Phi) is 5.77. The summed E-state index contributed by atoms with van der Waals surface area (Å²) in [5.74, 6) is -1.000. The minimum atomic E-state index is -0.634. The van der Waals surface area contributed by atoms with Crippen LogP contribution < -0.4 is 16.4 Å². The number of nitrogen functional groups attached to an aromatic ring is 1. The molecule has 2 aromatic rings. The fourth-order valence-corrected chi connectivity index (χ4v) is 2.11. The van der Waals surface area contributed by atoms with Gasteiger partial charge in [0.25, 0.3) is 5.91 Å². The fourth-order valence-electron chi connectivity index (χ4n) is 1.88. The van der Waals surface area contributed by atoms with Gasteiger partial charge in [0.05, 0.1) is 10.7 Å². The summed E-state index contributed by atoms with van der Waals surface area (Å²) in [6, 6.07) is 12.6. The van der Waals surface area contributed by atoms with E-state index in [4.69, 9.17) is 22.6 Å². The molecule has 1 amide bonds. The Hall–Kier alpha value is -3.04. The monoisotopic (exact) mass is 344 g/mol. The zero-order valence-electron chi connectivity index (χ0n) is 12.5. The Morgan fingerprint density at radius 1 is 1.33 bits per heavy atom. The molecule has 0 saturated heterocycles. The largest absolute Gasteiger partial charge is 0.399 e. The van der Waals surface area contributed by atoms with Gasteiger partial charge in [-0.15, -0.1) is 0 Å². The lowest BCUT2D eigenvalue weighted by Gasteiger charge is -2.08. The molecule has 0 spiro atoms. The second kappa shape index (κ2) is 7.99. The molecule has 5 nitrogen and oxygen atoms in total. The minimum Gasteiger partial charge on any atom is -0.399 e. The summed E-state index contributed by atoms with van der Waals surface area (Å²) in [6.45, 7) is 0.147. The number of nitrogens with zero attached hydrogens (tertiary/aromatic N) is 1. The molecule has 0 aliphatic rings. The van der Waals surface area contributed by atoms with Crippen LogP contribution in [-0.4, -0.2) is 5.91 Å². The SMILES string of the molecule is N#C/C(=C/NCc1ccccc1F)C(=O)Nc1ccc(N)cc1Cl. The van der Waals surface area contributed by atoms with E-state index in [9.17, 15) is 9.18 Å². The van der Waals surface area contributed by atoms with Crippen molar-refractivity contribution in [3.8, 4) is 6.07 Å². The smallest absolute Gasteiger partial charge is 0.267 e. The van der Waals surface area contributed by atoms with Crippen LogP contribution in [0.15, 0.2) is 54.2 Å². The maximum Gasteiger partial charge on any atom is 0.267 e. The molecule has 7 heteroatoms. The van der Waals surface area contributed by atoms with Crippen molar-refractivity contribution in [3.05, 3.63) is 70.6 Å². The van der Waals surface area contributed by atoms with Crippen molar-refractivity contribution >= 4 is 28.9 Å². The highest BCUT2D eigenvalue weighted by atomic mass is 35.5. The molecule has 0 saturated carbocycles. The van der Waals surface area contributed by atoms with Gasteiger partial charge in [-0.1, -0.05) is 29.8 Å². The molecule has 0 radical (unpaired) electrons. The topological polar surface area (TPSA) is 90.9 Å². The van der Waals surface area contributed by atoms with Crippen molar-refractivity contribution in [3.63, 3.8) is 0 Å². The molecule has 0 fully saturated rings. The highest BCUT2D eigenvalue weighted by Crippen LogP contribution is 2.24. The van der Waals surface area contributed by atoms with Gasteiger partial charge in [0.15, 0.2) is 0 Å². The van der Waals surface area contributed by atoms with Crippen molar-refractivity contribution in [2.75, 3.05) is 11.1 Å². The summed E-state index contributed by atoms with van der Waals surface area (Å²) in [4.78, 5) is 12.1. The molecule has 4 N–H and O–H groups in total. The van der Waals surface area contributed by atoms with Gasteiger partial charge in [0, 0.05) is 24.0 Å². The van der Waals surface area contributed by atoms with Crippen LogP contribution in [0.4, 0.5) is 15.8 Å². The number of carbonyl (C=O) groups is 1. The van der Waals surface area contributed by atoms with E-state index in [1.54, 1.807) is 30.3 Å². The molecule has 0 bridgehead atoms. The first-order chi connectivity index (χ1) is 11.5. The molecular formula is C17H14ClFN4O. The summed E-state index contributed by atoms with van der Waals surface area (Å²) in [7, 11) is 0. The van der Waals surface area contributed by atoms with Crippen molar-refractivity contribution in [2.45, 2.75) is 6.54 Å². The maximum atomic E-state index is 13.5. The number of hydrogen-bond acceptors (Lipinski definition) is 4. The van der Waals surface area contributed by atoms with Gasteiger partial charge in [0.2, 0.25) is 0 Å². The normalized spacial score (nSPS) is 10.8. The van der Waals surface area contributed by atoms with E-state index in [-0.39, 0.29) is 23.0 Å². The van der Waals surface area contributed by atoms with Crippen LogP contribution in [0.5, 0.6) is 0 Å². The molecule has 0 atom stereocenters. The predicted octanol–water partition coefficient (Wildman–Crippen LogP) is 3.20. The summed E-state index contributed by atoms with van der Waals surface area (Å²) < 4.78 is 13.5. The number of carbonyl (C=O) groups excluding carboxylic acids is 1. The molecular weight excluding hydrogens is 331 g/mol. The number of benzene rings is 2. The number of halogens is 2. The number of amides is 1. The molecule has 0 aliphatic carbocycles. The second-order valence-electron chi connectivity index (χ2n) is 4.84. The summed E-state index contributed by atoms with van der Waals surface area (Å²) >= 11 is 5.97. The van der Waals surface area contributed by atoms with Gasteiger partial charge in [-0.2, -0.15) is 5.26 Å². The Balaban J connectivity index is 2.03. The second-order valence-corrected chi connectivity index (χ2v) is 5.24. The van der Waals surface area contributed by atoms with Gasteiger partial charge < -0.3 is 16.4 Å². The number of anilines is 2. The molecule has 0 unspecified atom stereocenters. The molecule has 122 valence electrons. The molecule has 2 aromatic carbocycles. The fraction of sp³-hybridized carbons (Fsp3) is 0.0588. The molecule has 2 rings (SSSR count). The zero-order chi connectivity index (χ0) is 17.5. The lowest BCUT2D eigenvalue weighted by molar-refractivity contribution is -0.112. The van der Waals surface area contributed by atoms with E-state index >= 15 is 0 Å². The van der Waals surface area contributed by atoms with Gasteiger partial charge >= 0.3 is 0 Å². The van der Waals surface area contributed by atoms with Crippen LogP contribution >= 0.6 is 11.6 Å². The first-order valence-corrected chi connectivity index (χ1v) is 7.32. The van der Waals surface area contributed by atoms with Crippen LogP contribution in [0.1, 0.15) is 5.56 Å². The summed E-state index contributed by atoms with van der Waals surface area (Å²) in [6.07, 6.45) is 1.23. The van der Waals surface area contributed by atoms with Crippen molar-refractivity contribution in [1.29, 1.82) is 5.26 Å². The standard InChI is InChI=1S/C17H14ClFN4O/c18-14-7-13(21)5-6-16(14)23-17(24)12(8-20)10-22-9-11-3-1-2-4-15(11)19/h1-7,10,22H,9,21H2,(H,23,24)/b12-10-. The lowest BCUT2D eigenvalue weighted by atomic mass is 10.2. The van der Waals surface area contributed by atoms with Gasteiger partial charge in [-0.05, 0) is 24.3 Å². The molecule has 0 aromatic heterocycles. The number of rotatable bonds is 5.